The summed E-state index contributed by atoms with van der Waals surface area (Å²) < 4.78 is 20.0. The van der Waals surface area contributed by atoms with Gasteiger partial charge in [0.25, 0.3) is 0 Å². The topological polar surface area (TPSA) is 239 Å². The summed E-state index contributed by atoms with van der Waals surface area (Å²) >= 11 is 0. The molecule has 0 spiro atoms. The normalized spacial score (nSPS) is 15.3. The van der Waals surface area contributed by atoms with Crippen LogP contribution in [0.5, 0.6) is 0 Å². The van der Waals surface area contributed by atoms with Crippen molar-refractivity contribution in [1.82, 2.24) is 54.7 Å². The Morgan fingerprint density at radius 2 is 1.12 bits per heavy atom. The summed E-state index contributed by atoms with van der Waals surface area (Å²) in [5, 5.41) is 20.9. The van der Waals surface area contributed by atoms with Crippen LogP contribution in [0.25, 0.3) is 0 Å². The Hall–Kier alpha value is -5.01. The maximum Gasteiger partial charge on any atom is 0.247 e. The lowest BCUT2D eigenvalue weighted by Gasteiger charge is -2.38. The predicted molar refractivity (Wildman–Crippen MR) is 248 cm³/mol. The fraction of sp³-hybridized carbons (Fsp3) is 0.750. The van der Waals surface area contributed by atoms with Crippen LogP contribution in [-0.4, -0.2) is 178 Å². The van der Waals surface area contributed by atoms with Crippen molar-refractivity contribution >= 4 is 29.7 Å². The number of anilines is 3. The van der Waals surface area contributed by atoms with Crippen LogP contribution in [0, 0.1) is 12.3 Å². The SMILES string of the molecule is C#CCOCCOCCOCCNc1nc(N2CCN(C(=O)[C@H](CCCCN)n3cc(CCCC)nn3)CC2)nc(N2CCN(C(=O)[C@H](CCCCN)n3cc(CCCC)nn3)CC2)n1. The molecule has 0 aromatic carbocycles. The van der Waals surface area contributed by atoms with Crippen LogP contribution < -0.4 is 26.6 Å². The zero-order chi connectivity index (χ0) is 46.1. The van der Waals surface area contributed by atoms with Crippen LogP contribution in [0.2, 0.25) is 0 Å². The molecule has 3 aromatic heterocycles. The number of ether oxygens (including phenoxy) is 3. The average Bonchev–Trinajstić information content (AvgIpc) is 4.02. The third kappa shape index (κ3) is 16.4. The van der Waals surface area contributed by atoms with E-state index in [1.807, 2.05) is 22.2 Å². The number of nitrogens with zero attached hydrogens (tertiary/aromatic N) is 13. The Kier molecular flexibility index (Phi) is 22.6. The molecule has 0 saturated carbocycles. The Bertz CT molecular complexity index is 1750. The summed E-state index contributed by atoms with van der Waals surface area (Å²) in [6.07, 6.45) is 19.5. The fourth-order valence-corrected chi connectivity index (χ4v) is 7.78. The van der Waals surface area contributed by atoms with Gasteiger partial charge in [0.15, 0.2) is 0 Å². The summed E-state index contributed by atoms with van der Waals surface area (Å²) in [5.41, 5.74) is 13.4. The van der Waals surface area contributed by atoms with Gasteiger partial charge in [0, 0.05) is 71.3 Å². The molecule has 5 heterocycles. The van der Waals surface area contributed by atoms with Crippen molar-refractivity contribution in [3.8, 4) is 12.3 Å². The number of aryl methyl sites for hydroxylation is 2. The molecule has 0 radical (unpaired) electrons. The molecule has 2 aliphatic rings. The van der Waals surface area contributed by atoms with E-state index >= 15 is 0 Å². The zero-order valence-electron chi connectivity index (χ0n) is 38.9. The summed E-state index contributed by atoms with van der Waals surface area (Å²) in [6, 6.07) is -0.882. The van der Waals surface area contributed by atoms with Gasteiger partial charge in [0.2, 0.25) is 29.7 Å². The minimum atomic E-state index is -0.441. The molecule has 3 aromatic rings. The van der Waals surface area contributed by atoms with Gasteiger partial charge in [-0.2, -0.15) is 15.0 Å². The Morgan fingerprint density at radius 3 is 1.57 bits per heavy atom. The van der Waals surface area contributed by atoms with Crippen molar-refractivity contribution in [2.75, 3.05) is 127 Å². The predicted octanol–water partition coefficient (Wildman–Crippen LogP) is 1.87. The monoisotopic (exact) mass is 907 g/mol. The first-order valence-electron chi connectivity index (χ1n) is 23.8. The van der Waals surface area contributed by atoms with E-state index in [4.69, 9.17) is 47.1 Å². The van der Waals surface area contributed by atoms with E-state index in [0.29, 0.717) is 136 Å². The number of nitrogens with one attached hydrogen (secondary N) is 1. The van der Waals surface area contributed by atoms with Crippen molar-refractivity contribution in [1.29, 1.82) is 0 Å². The van der Waals surface area contributed by atoms with E-state index in [0.717, 1.165) is 75.6 Å². The number of carbonyl (C=O) groups excluding carboxylic acids is 2. The largest absolute Gasteiger partial charge is 0.377 e. The number of hydrogen-bond donors (Lipinski definition) is 3. The molecular weight excluding hydrogens is 833 g/mol. The van der Waals surface area contributed by atoms with Gasteiger partial charge in [-0.1, -0.05) is 43.0 Å². The molecule has 2 amide bonds. The van der Waals surface area contributed by atoms with Crippen LogP contribution in [0.3, 0.4) is 0 Å². The van der Waals surface area contributed by atoms with Crippen molar-refractivity contribution in [2.45, 2.75) is 103 Å². The van der Waals surface area contributed by atoms with E-state index in [9.17, 15) is 9.59 Å². The molecule has 2 fully saturated rings. The van der Waals surface area contributed by atoms with Crippen LogP contribution >= 0.6 is 0 Å². The van der Waals surface area contributed by atoms with Gasteiger partial charge >= 0.3 is 0 Å². The Labute approximate surface area is 384 Å². The van der Waals surface area contributed by atoms with Gasteiger partial charge in [0.1, 0.15) is 18.7 Å². The second kappa shape index (κ2) is 28.8. The smallest absolute Gasteiger partial charge is 0.247 e. The van der Waals surface area contributed by atoms with Gasteiger partial charge in [-0.05, 0) is 77.3 Å². The van der Waals surface area contributed by atoms with Gasteiger partial charge in [0.05, 0.1) is 44.4 Å². The molecule has 2 saturated heterocycles. The molecule has 65 heavy (non-hydrogen) atoms. The number of carbonyl (C=O) groups is 2. The lowest BCUT2D eigenvalue weighted by Crippen LogP contribution is -2.52. The van der Waals surface area contributed by atoms with Crippen molar-refractivity contribution in [3.63, 3.8) is 0 Å². The number of nitrogens with two attached hydrogens (primary N) is 2. The van der Waals surface area contributed by atoms with E-state index in [-0.39, 0.29) is 18.4 Å². The number of rotatable bonds is 31. The van der Waals surface area contributed by atoms with Crippen LogP contribution in [0.1, 0.15) is 102 Å². The molecule has 21 heteroatoms. The summed E-state index contributed by atoms with van der Waals surface area (Å²) in [7, 11) is 0. The number of hydrogen-bond acceptors (Lipinski definition) is 17. The van der Waals surface area contributed by atoms with Gasteiger partial charge in [-0.3, -0.25) is 9.59 Å². The number of aromatic nitrogens is 9. The van der Waals surface area contributed by atoms with E-state index in [1.54, 1.807) is 9.36 Å². The summed E-state index contributed by atoms with van der Waals surface area (Å²) in [6.45, 7) is 12.5. The van der Waals surface area contributed by atoms with Crippen molar-refractivity contribution in [3.05, 3.63) is 23.8 Å². The van der Waals surface area contributed by atoms with Crippen LogP contribution in [0.4, 0.5) is 17.8 Å². The maximum atomic E-state index is 14.1. The average molecular weight is 907 g/mol. The Morgan fingerprint density at radius 1 is 0.662 bits per heavy atom. The van der Waals surface area contributed by atoms with Gasteiger partial charge < -0.3 is 50.6 Å². The van der Waals surface area contributed by atoms with E-state index < -0.39 is 12.1 Å². The summed E-state index contributed by atoms with van der Waals surface area (Å²) in [4.78, 5) is 50.9. The molecule has 2 atom stereocenters. The highest BCUT2D eigenvalue weighted by Crippen LogP contribution is 2.25. The highest BCUT2D eigenvalue weighted by atomic mass is 16.5. The minimum Gasteiger partial charge on any atom is -0.377 e. The molecule has 0 aliphatic carbocycles. The molecule has 2 aliphatic heterocycles. The fourth-order valence-electron chi connectivity index (χ4n) is 7.78. The first-order valence-corrected chi connectivity index (χ1v) is 23.8. The van der Waals surface area contributed by atoms with Gasteiger partial charge in [-0.15, -0.1) is 16.6 Å². The standard InChI is InChI=1S/C44H74N16O5/c1-4-7-13-36-34-59(53-51-36)38(15-9-11-17-45)40(61)55-20-24-57(25-21-55)43-48-42(47-19-29-64-31-33-65-32-30-63-28-6-3)49-44(50-43)58-26-22-56(23-27-58)41(62)39(16-10-12-18-46)60-35-37(52-54-60)14-8-5-2/h3,34-35,38-39H,4-5,7-33,45-46H2,1-2H3,(H,47,48,49,50)/t38-,39-/m0/s1. The van der Waals surface area contributed by atoms with E-state index in [1.165, 1.54) is 0 Å². The number of amides is 2. The molecular formula is C44H74N16O5. The number of piperazine rings is 2. The third-order valence-corrected chi connectivity index (χ3v) is 11.6. The molecule has 5 rings (SSSR count). The van der Waals surface area contributed by atoms with Crippen LogP contribution in [0.15, 0.2) is 12.4 Å². The second-order valence-electron chi connectivity index (χ2n) is 16.5. The Balaban J connectivity index is 1.24. The second-order valence-corrected chi connectivity index (χ2v) is 16.5. The zero-order valence-corrected chi connectivity index (χ0v) is 38.9. The van der Waals surface area contributed by atoms with Crippen molar-refractivity contribution in [2.24, 2.45) is 11.5 Å². The number of terminal acetylenes is 1. The first-order chi connectivity index (χ1) is 31.9. The van der Waals surface area contributed by atoms with E-state index in [2.05, 4.69) is 55.5 Å². The molecule has 5 N–H and O–H groups in total. The highest BCUT2D eigenvalue weighted by Gasteiger charge is 2.33. The highest BCUT2D eigenvalue weighted by molar-refractivity contribution is 5.81. The molecule has 21 nitrogen and oxygen atoms in total. The molecule has 0 unspecified atom stereocenters. The quantitative estimate of drug-likeness (QED) is 0.0617. The first kappa shape index (κ1) is 51.0. The lowest BCUT2D eigenvalue weighted by atomic mass is 10.1. The molecule has 0 bridgehead atoms. The van der Waals surface area contributed by atoms with Gasteiger partial charge in [-0.25, -0.2) is 9.36 Å². The maximum absolute atomic E-state index is 14.1. The molecule has 360 valence electrons. The minimum absolute atomic E-state index is 0.0322. The number of unbranched alkanes of at least 4 members (excludes halogenated alkanes) is 4. The van der Waals surface area contributed by atoms with Crippen molar-refractivity contribution < 1.29 is 23.8 Å². The van der Waals surface area contributed by atoms with Crippen LogP contribution in [-0.2, 0) is 36.6 Å². The summed E-state index contributed by atoms with van der Waals surface area (Å²) in [5.74, 6) is 3.95. The third-order valence-electron chi connectivity index (χ3n) is 11.6. The lowest BCUT2D eigenvalue weighted by molar-refractivity contribution is -0.136.